The predicted octanol–water partition coefficient (Wildman–Crippen LogP) is 2.51. The van der Waals surface area contributed by atoms with Crippen LogP contribution in [0.2, 0.25) is 0 Å². The van der Waals surface area contributed by atoms with Gasteiger partial charge in [0.2, 0.25) is 0 Å². The molecule has 0 saturated carbocycles. The largest absolute Gasteiger partial charge is 0.368 e. The molecule has 4 atom stereocenters. The normalized spacial score (nSPS) is 52.4. The maximum Gasteiger partial charge on any atom is 0.189 e. The zero-order chi connectivity index (χ0) is 15.6. The lowest BCUT2D eigenvalue weighted by molar-refractivity contribution is -0.306. The second-order valence-electron chi connectivity index (χ2n) is 7.69. The lowest BCUT2D eigenvalue weighted by Gasteiger charge is -2.61. The van der Waals surface area contributed by atoms with E-state index in [9.17, 15) is 5.11 Å². The molecule has 4 heterocycles. The van der Waals surface area contributed by atoms with Crippen LogP contribution in [-0.2, 0) is 24.1 Å². The zero-order valence-corrected chi connectivity index (χ0v) is 13.6. The zero-order valence-electron chi connectivity index (χ0n) is 13.6. The summed E-state index contributed by atoms with van der Waals surface area (Å²) < 4.78 is 25.3. The Morgan fingerprint density at radius 1 is 0.696 bits per heavy atom. The molecule has 23 heavy (non-hydrogen) atoms. The van der Waals surface area contributed by atoms with Crippen molar-refractivity contribution in [2.24, 2.45) is 0 Å². The summed E-state index contributed by atoms with van der Waals surface area (Å²) in [7, 11) is 0. The van der Waals surface area contributed by atoms with E-state index >= 15 is 0 Å². The smallest absolute Gasteiger partial charge is 0.189 e. The Kier molecular flexibility index (Phi) is 3.02. The predicted molar refractivity (Wildman–Crippen MR) is 80.4 cm³/mol. The van der Waals surface area contributed by atoms with E-state index in [-0.39, 0.29) is 5.76 Å². The number of hydrogen-bond acceptors (Lipinski definition) is 4. The van der Waals surface area contributed by atoms with Gasteiger partial charge in [0.15, 0.2) is 11.4 Å². The van der Waals surface area contributed by atoms with E-state index in [1.54, 1.807) is 0 Å². The summed E-state index contributed by atoms with van der Waals surface area (Å²) >= 11 is 0. The number of hydrogen-bond donors (Lipinski definition) is 0. The average Bonchev–Trinajstić information content (AvgIpc) is 3.30. The van der Waals surface area contributed by atoms with Crippen LogP contribution in [0.1, 0.15) is 51.4 Å². The van der Waals surface area contributed by atoms with Crippen LogP contribution in [0.15, 0.2) is 11.8 Å². The standard InChI is InChI=1S/C18H25O5/c19-14-13-15(5-1-9-20-15)17(7-3-11-22-17)18(8-4-12-23-18)16(14)6-2-10-21-16/h13H,1-12H2/t15-,16-,17+,18+/m0/s1. The highest BCUT2D eigenvalue weighted by atomic mass is 16.6. The Bertz CT molecular complexity index is 516. The lowest BCUT2D eigenvalue weighted by Crippen LogP contribution is -2.77. The van der Waals surface area contributed by atoms with Gasteiger partial charge in [-0.3, -0.25) is 5.11 Å². The van der Waals surface area contributed by atoms with E-state index in [1.807, 2.05) is 6.08 Å². The highest BCUT2D eigenvalue weighted by Gasteiger charge is 2.79. The van der Waals surface area contributed by atoms with Gasteiger partial charge in [-0.25, -0.2) is 0 Å². The van der Waals surface area contributed by atoms with Gasteiger partial charge in [-0.2, -0.15) is 0 Å². The first kappa shape index (κ1) is 14.7. The number of fused-ring (bicyclic) bond motifs is 3. The summed E-state index contributed by atoms with van der Waals surface area (Å²) in [6.07, 6.45) is 8.97. The summed E-state index contributed by atoms with van der Waals surface area (Å²) in [6.45, 7) is 2.72. The van der Waals surface area contributed by atoms with Crippen LogP contribution in [-0.4, -0.2) is 48.8 Å². The fraction of sp³-hybridized carbons (Fsp3) is 0.889. The van der Waals surface area contributed by atoms with E-state index in [0.29, 0.717) is 26.4 Å². The monoisotopic (exact) mass is 321 g/mol. The van der Waals surface area contributed by atoms with Crippen molar-refractivity contribution < 1.29 is 24.1 Å². The van der Waals surface area contributed by atoms with Gasteiger partial charge >= 0.3 is 0 Å². The van der Waals surface area contributed by atoms with Crippen molar-refractivity contribution in [3.05, 3.63) is 11.8 Å². The molecule has 0 aromatic heterocycles. The molecule has 4 fully saturated rings. The third-order valence-electron chi connectivity index (χ3n) is 6.87. The lowest BCUT2D eigenvalue weighted by atomic mass is 9.55. The number of rotatable bonds is 0. The van der Waals surface area contributed by atoms with Crippen molar-refractivity contribution in [2.75, 3.05) is 26.4 Å². The second kappa shape index (κ2) is 4.72. The maximum absolute atomic E-state index is 13.3. The molecular formula is C18H25O5. The molecule has 5 rings (SSSR count). The third-order valence-corrected chi connectivity index (χ3v) is 6.87. The Morgan fingerprint density at radius 2 is 1.30 bits per heavy atom. The molecule has 0 N–H and O–H groups in total. The first-order valence-corrected chi connectivity index (χ1v) is 9.17. The SMILES string of the molecule is [O]C1=C[C@@]2(CCCO2)[C@]2(CCCO2)[C@@]2(CCCO2)[C@]12CCCO2. The average molecular weight is 321 g/mol. The Hall–Kier alpha value is -0.620. The molecule has 5 heteroatoms. The highest BCUT2D eigenvalue weighted by Crippen LogP contribution is 2.65. The van der Waals surface area contributed by atoms with E-state index < -0.39 is 22.4 Å². The molecule has 0 bridgehead atoms. The van der Waals surface area contributed by atoms with E-state index in [0.717, 1.165) is 51.4 Å². The van der Waals surface area contributed by atoms with Crippen molar-refractivity contribution in [2.45, 2.75) is 73.8 Å². The molecule has 5 aliphatic rings. The molecule has 127 valence electrons. The van der Waals surface area contributed by atoms with Crippen molar-refractivity contribution in [1.29, 1.82) is 0 Å². The summed E-state index contributed by atoms with van der Waals surface area (Å²) in [4.78, 5) is 0. The van der Waals surface area contributed by atoms with Crippen LogP contribution < -0.4 is 0 Å². The topological polar surface area (TPSA) is 56.8 Å². The fourth-order valence-electron chi connectivity index (χ4n) is 6.13. The van der Waals surface area contributed by atoms with E-state index in [1.165, 1.54) is 0 Å². The van der Waals surface area contributed by atoms with E-state index in [4.69, 9.17) is 18.9 Å². The van der Waals surface area contributed by atoms with Gasteiger partial charge in [-0.15, -0.1) is 0 Å². The molecule has 4 saturated heterocycles. The van der Waals surface area contributed by atoms with Gasteiger partial charge in [0, 0.05) is 26.4 Å². The Balaban J connectivity index is 1.77. The van der Waals surface area contributed by atoms with E-state index in [2.05, 4.69) is 0 Å². The highest BCUT2D eigenvalue weighted by molar-refractivity contribution is 5.41. The first-order chi connectivity index (χ1) is 11.2. The molecule has 4 aliphatic heterocycles. The van der Waals surface area contributed by atoms with Gasteiger partial charge in [-0.1, -0.05) is 0 Å². The molecule has 1 radical (unpaired) electrons. The van der Waals surface area contributed by atoms with Crippen LogP contribution in [0.25, 0.3) is 0 Å². The van der Waals surface area contributed by atoms with Crippen LogP contribution in [0.3, 0.4) is 0 Å². The summed E-state index contributed by atoms with van der Waals surface area (Å²) in [5.74, 6) is 0.0694. The molecule has 0 aromatic carbocycles. The second-order valence-corrected chi connectivity index (χ2v) is 7.69. The first-order valence-electron chi connectivity index (χ1n) is 9.17. The van der Waals surface area contributed by atoms with Crippen LogP contribution in [0.5, 0.6) is 0 Å². The van der Waals surface area contributed by atoms with Gasteiger partial charge < -0.3 is 18.9 Å². The molecule has 1 aliphatic carbocycles. The minimum absolute atomic E-state index is 0.0694. The Labute approximate surface area is 136 Å². The maximum atomic E-state index is 13.3. The van der Waals surface area contributed by atoms with Gasteiger partial charge in [0.1, 0.15) is 16.8 Å². The van der Waals surface area contributed by atoms with Crippen LogP contribution in [0, 0.1) is 0 Å². The van der Waals surface area contributed by atoms with Gasteiger partial charge in [0.25, 0.3) is 0 Å². The molecule has 0 unspecified atom stereocenters. The summed E-state index contributed by atoms with van der Waals surface area (Å²) in [5.41, 5.74) is -2.72. The molecular weight excluding hydrogens is 296 g/mol. The quantitative estimate of drug-likeness (QED) is 0.688. The van der Waals surface area contributed by atoms with Crippen molar-refractivity contribution in [3.8, 4) is 0 Å². The molecule has 0 aromatic rings. The summed E-state index contributed by atoms with van der Waals surface area (Å²) in [6, 6.07) is 0. The minimum Gasteiger partial charge on any atom is -0.368 e. The van der Waals surface area contributed by atoms with Crippen LogP contribution >= 0.6 is 0 Å². The van der Waals surface area contributed by atoms with Crippen LogP contribution in [0.4, 0.5) is 0 Å². The van der Waals surface area contributed by atoms with Gasteiger partial charge in [0.05, 0.1) is 0 Å². The molecule has 0 amide bonds. The minimum atomic E-state index is -0.856. The van der Waals surface area contributed by atoms with Crippen molar-refractivity contribution >= 4 is 0 Å². The fourth-order valence-corrected chi connectivity index (χ4v) is 6.13. The third kappa shape index (κ3) is 1.49. The summed E-state index contributed by atoms with van der Waals surface area (Å²) in [5, 5.41) is 13.3. The Morgan fingerprint density at radius 3 is 1.87 bits per heavy atom. The van der Waals surface area contributed by atoms with Crippen molar-refractivity contribution in [3.63, 3.8) is 0 Å². The molecule has 4 spiro atoms. The number of ether oxygens (including phenoxy) is 4. The molecule has 5 nitrogen and oxygen atoms in total. The van der Waals surface area contributed by atoms with Gasteiger partial charge in [-0.05, 0) is 57.4 Å². The van der Waals surface area contributed by atoms with Crippen molar-refractivity contribution in [1.82, 2.24) is 0 Å².